The van der Waals surface area contributed by atoms with Crippen molar-refractivity contribution in [2.24, 2.45) is 0 Å². The molecule has 0 aromatic heterocycles. The Hall–Kier alpha value is -2.10. The average Bonchev–Trinajstić information content (AvgIpc) is 2.90. The molecule has 0 spiro atoms. The molecule has 2 rings (SSSR count). The van der Waals surface area contributed by atoms with Gasteiger partial charge in [-0.2, -0.15) is 0 Å². The first-order valence-electron chi connectivity index (χ1n) is 6.75. The molecule has 1 N–H and O–H groups in total. The number of ketones is 1. The molecule has 20 heavy (non-hydrogen) atoms. The van der Waals surface area contributed by atoms with Gasteiger partial charge in [0, 0.05) is 18.7 Å². The van der Waals surface area contributed by atoms with E-state index in [0.29, 0.717) is 11.1 Å². The number of aryl methyl sites for hydroxylation is 1. The number of hydrogen-bond acceptors (Lipinski definition) is 3. The number of likely N-dealkylation sites (tertiary alicyclic amines) is 1. The fraction of sp³-hybridized carbons (Fsp3) is 0.375. The Labute approximate surface area is 118 Å². The minimum atomic E-state index is -0.231. The van der Waals surface area contributed by atoms with Gasteiger partial charge in [0.15, 0.2) is 5.78 Å². The highest BCUT2D eigenvalue weighted by Gasteiger charge is 2.23. The summed E-state index contributed by atoms with van der Waals surface area (Å²) in [4.78, 5) is 25.6. The second-order valence-electron chi connectivity index (χ2n) is 5.22. The van der Waals surface area contributed by atoms with E-state index >= 15 is 0 Å². The van der Waals surface area contributed by atoms with Gasteiger partial charge in [-0.25, -0.2) is 0 Å². The molecule has 0 saturated carbocycles. The summed E-state index contributed by atoms with van der Waals surface area (Å²) in [5.41, 5.74) is 1.97. The van der Waals surface area contributed by atoms with Crippen LogP contribution >= 0.6 is 0 Å². The van der Waals surface area contributed by atoms with Crippen LogP contribution in [0.5, 0.6) is 5.75 Å². The van der Waals surface area contributed by atoms with Gasteiger partial charge in [-0.1, -0.05) is 6.58 Å². The van der Waals surface area contributed by atoms with Crippen LogP contribution in [0, 0.1) is 6.92 Å². The van der Waals surface area contributed by atoms with Crippen LogP contribution in [0.4, 0.5) is 0 Å². The van der Waals surface area contributed by atoms with E-state index in [1.54, 1.807) is 17.9 Å². The summed E-state index contributed by atoms with van der Waals surface area (Å²) in [5.74, 6) is -0.379. The monoisotopic (exact) mass is 273 g/mol. The van der Waals surface area contributed by atoms with Crippen molar-refractivity contribution in [3.63, 3.8) is 0 Å². The predicted molar refractivity (Wildman–Crippen MR) is 77.7 cm³/mol. The van der Waals surface area contributed by atoms with Gasteiger partial charge in [0.25, 0.3) is 5.91 Å². The van der Waals surface area contributed by atoms with Gasteiger partial charge in [0.1, 0.15) is 5.75 Å². The molecule has 4 nitrogen and oxygen atoms in total. The Kier molecular flexibility index (Phi) is 3.93. The topological polar surface area (TPSA) is 57.6 Å². The highest BCUT2D eigenvalue weighted by atomic mass is 16.3. The number of hydrogen-bond donors (Lipinski definition) is 1. The molecule has 0 bridgehead atoms. The molecular formula is C16H19NO3. The minimum absolute atomic E-state index is 0.0554. The van der Waals surface area contributed by atoms with E-state index in [2.05, 4.69) is 6.58 Å². The average molecular weight is 273 g/mol. The van der Waals surface area contributed by atoms with Crippen LogP contribution in [-0.4, -0.2) is 34.8 Å². The van der Waals surface area contributed by atoms with Crippen molar-refractivity contribution in [3.05, 3.63) is 35.4 Å². The van der Waals surface area contributed by atoms with Crippen molar-refractivity contribution in [2.45, 2.75) is 26.7 Å². The fourth-order valence-corrected chi connectivity index (χ4v) is 2.53. The quantitative estimate of drug-likeness (QED) is 0.680. The third-order valence-corrected chi connectivity index (χ3v) is 3.70. The van der Waals surface area contributed by atoms with Crippen LogP contribution in [0.2, 0.25) is 0 Å². The molecule has 1 saturated heterocycles. The lowest BCUT2D eigenvalue weighted by Gasteiger charge is -2.18. The number of amides is 1. The molecule has 1 aromatic rings. The van der Waals surface area contributed by atoms with Crippen LogP contribution in [0.1, 0.15) is 41.3 Å². The van der Waals surface area contributed by atoms with Crippen LogP contribution in [0.3, 0.4) is 0 Å². The normalized spacial score (nSPS) is 14.4. The summed E-state index contributed by atoms with van der Waals surface area (Å²) < 4.78 is 0. The summed E-state index contributed by atoms with van der Waals surface area (Å²) in [6.07, 6.45) is 2.04. The van der Waals surface area contributed by atoms with Crippen molar-refractivity contribution >= 4 is 17.3 Å². The summed E-state index contributed by atoms with van der Waals surface area (Å²) >= 11 is 0. The van der Waals surface area contributed by atoms with Crippen molar-refractivity contribution in [1.29, 1.82) is 0 Å². The molecule has 1 fully saturated rings. The molecule has 1 aliphatic heterocycles. The maximum Gasteiger partial charge on any atom is 0.253 e. The van der Waals surface area contributed by atoms with E-state index in [-0.39, 0.29) is 23.0 Å². The van der Waals surface area contributed by atoms with Gasteiger partial charge in [0.05, 0.1) is 5.56 Å². The Balaban J connectivity index is 2.36. The van der Waals surface area contributed by atoms with Crippen molar-refractivity contribution in [3.8, 4) is 5.75 Å². The van der Waals surface area contributed by atoms with Crippen LogP contribution in [0.25, 0.3) is 5.57 Å². The smallest absolute Gasteiger partial charge is 0.253 e. The molecule has 1 amide bonds. The molecule has 0 unspecified atom stereocenters. The van der Waals surface area contributed by atoms with E-state index in [1.165, 1.54) is 13.0 Å². The molecule has 0 atom stereocenters. The lowest BCUT2D eigenvalue weighted by atomic mass is 9.96. The number of rotatable bonds is 3. The molecule has 1 heterocycles. The van der Waals surface area contributed by atoms with E-state index in [4.69, 9.17) is 0 Å². The van der Waals surface area contributed by atoms with Gasteiger partial charge in [-0.15, -0.1) is 0 Å². The van der Waals surface area contributed by atoms with Crippen LogP contribution < -0.4 is 0 Å². The highest BCUT2D eigenvalue weighted by Crippen LogP contribution is 2.28. The summed E-state index contributed by atoms with van der Waals surface area (Å²) in [6, 6.07) is 3.07. The van der Waals surface area contributed by atoms with Crippen molar-refractivity contribution in [2.75, 3.05) is 13.1 Å². The Morgan fingerprint density at radius 3 is 2.35 bits per heavy atom. The maximum atomic E-state index is 12.3. The zero-order chi connectivity index (χ0) is 14.9. The lowest BCUT2D eigenvalue weighted by molar-refractivity contribution is -0.123. The van der Waals surface area contributed by atoms with Crippen molar-refractivity contribution in [1.82, 2.24) is 4.90 Å². The largest absolute Gasteiger partial charge is 0.507 e. The number of phenols is 1. The first-order chi connectivity index (χ1) is 9.41. The number of benzene rings is 1. The fourth-order valence-electron chi connectivity index (χ4n) is 2.53. The number of aromatic hydroxyl groups is 1. The standard InChI is InChI=1S/C16H19NO3/c1-10-8-15(19)14(12(3)18)9-13(10)11(2)16(20)17-6-4-5-7-17/h8-9,19H,2,4-7H2,1,3H3. The first-order valence-corrected chi connectivity index (χ1v) is 6.75. The zero-order valence-electron chi connectivity index (χ0n) is 11.9. The van der Waals surface area contributed by atoms with E-state index < -0.39 is 0 Å². The number of carbonyl (C=O) groups excluding carboxylic acids is 2. The molecule has 1 aliphatic rings. The van der Waals surface area contributed by atoms with E-state index in [9.17, 15) is 14.7 Å². The van der Waals surface area contributed by atoms with Gasteiger partial charge < -0.3 is 10.0 Å². The van der Waals surface area contributed by atoms with Gasteiger partial charge in [-0.3, -0.25) is 9.59 Å². The molecule has 0 radical (unpaired) electrons. The maximum absolute atomic E-state index is 12.3. The van der Waals surface area contributed by atoms with Gasteiger partial charge in [-0.05, 0) is 49.9 Å². The predicted octanol–water partition coefficient (Wildman–Crippen LogP) is 2.54. The number of Topliss-reactive ketones (excluding diaryl/α,β-unsaturated/α-hetero) is 1. The Bertz CT molecular complexity index is 584. The third-order valence-electron chi connectivity index (χ3n) is 3.70. The number of phenolic OH excluding ortho intramolecular Hbond substituents is 1. The number of nitrogens with zero attached hydrogens (tertiary/aromatic N) is 1. The van der Waals surface area contributed by atoms with Gasteiger partial charge >= 0.3 is 0 Å². The molecule has 4 heteroatoms. The third kappa shape index (κ3) is 2.59. The van der Waals surface area contributed by atoms with E-state index in [0.717, 1.165) is 31.5 Å². The lowest BCUT2D eigenvalue weighted by Crippen LogP contribution is -2.28. The number of carbonyl (C=O) groups is 2. The first kappa shape index (κ1) is 14.3. The second kappa shape index (κ2) is 5.49. The van der Waals surface area contributed by atoms with Crippen LogP contribution in [0.15, 0.2) is 18.7 Å². The summed E-state index contributed by atoms with van der Waals surface area (Å²) in [7, 11) is 0. The summed E-state index contributed by atoms with van der Waals surface area (Å²) in [5, 5.41) is 9.77. The molecule has 106 valence electrons. The van der Waals surface area contributed by atoms with Gasteiger partial charge in [0.2, 0.25) is 0 Å². The molecule has 1 aromatic carbocycles. The second-order valence-corrected chi connectivity index (χ2v) is 5.22. The van der Waals surface area contributed by atoms with E-state index in [1.807, 2.05) is 0 Å². The minimum Gasteiger partial charge on any atom is -0.507 e. The Morgan fingerprint density at radius 1 is 1.20 bits per heavy atom. The molecular weight excluding hydrogens is 254 g/mol. The Morgan fingerprint density at radius 2 is 1.80 bits per heavy atom. The summed E-state index contributed by atoms with van der Waals surface area (Å²) in [6.45, 7) is 8.57. The zero-order valence-corrected chi connectivity index (χ0v) is 11.9. The van der Waals surface area contributed by atoms with Crippen LogP contribution in [-0.2, 0) is 4.79 Å². The highest BCUT2D eigenvalue weighted by molar-refractivity contribution is 6.19. The molecule has 0 aliphatic carbocycles. The van der Waals surface area contributed by atoms with Crippen molar-refractivity contribution < 1.29 is 14.7 Å². The SMILES string of the molecule is C=C(C(=O)N1CCCC1)c1cc(C(C)=O)c(O)cc1C.